The van der Waals surface area contributed by atoms with Crippen molar-refractivity contribution in [3.8, 4) is 11.1 Å². The van der Waals surface area contributed by atoms with Gasteiger partial charge in [-0.05, 0) is 35.9 Å². The van der Waals surface area contributed by atoms with Crippen LogP contribution in [0, 0.1) is 5.82 Å². The van der Waals surface area contributed by atoms with Crippen molar-refractivity contribution in [2.24, 2.45) is 0 Å². The average Bonchev–Trinajstić information content (AvgIpc) is 2.52. The van der Waals surface area contributed by atoms with Gasteiger partial charge in [0.25, 0.3) is 0 Å². The first kappa shape index (κ1) is 18.8. The monoisotopic (exact) mass is 365 g/mol. The Labute approximate surface area is 150 Å². The van der Waals surface area contributed by atoms with Crippen LogP contribution in [0.2, 0.25) is 0 Å². The number of carbonyl (C=O) groups is 1. The van der Waals surface area contributed by atoms with E-state index in [-0.39, 0.29) is 12.2 Å². The first-order valence-corrected chi connectivity index (χ1v) is 9.60. The lowest BCUT2D eigenvalue weighted by Gasteiger charge is -2.11. The number of carboxylic acids is 1. The average molecular weight is 365 g/mol. The number of hydrogen-bond acceptors (Lipinski definition) is 4. The van der Waals surface area contributed by atoms with E-state index < -0.39 is 5.97 Å². The van der Waals surface area contributed by atoms with E-state index in [0.717, 1.165) is 16.2 Å². The number of carboxylic acid groups (broad SMARTS) is 1. The molecular weight excluding hydrogens is 345 g/mol. The lowest BCUT2D eigenvalue weighted by Crippen LogP contribution is -1.95. The molecular formula is C18H20FNO2S2. The zero-order valence-electron chi connectivity index (χ0n) is 13.7. The summed E-state index contributed by atoms with van der Waals surface area (Å²) in [5.74, 6) is -0.514. The summed E-state index contributed by atoms with van der Waals surface area (Å²) < 4.78 is 14.4. The maximum atomic E-state index is 14.4. The highest BCUT2D eigenvalue weighted by molar-refractivity contribution is 8.00. The second kappa shape index (κ2) is 9.08. The Balaban J connectivity index is 2.13. The summed E-state index contributed by atoms with van der Waals surface area (Å²) in [6, 6.07) is 8.98. The summed E-state index contributed by atoms with van der Waals surface area (Å²) in [5.41, 5.74) is 1.73. The van der Waals surface area contributed by atoms with Gasteiger partial charge >= 0.3 is 5.97 Å². The lowest BCUT2D eigenvalue weighted by molar-refractivity contribution is -0.137. The van der Waals surface area contributed by atoms with Crippen molar-refractivity contribution in [1.29, 1.82) is 0 Å². The van der Waals surface area contributed by atoms with E-state index in [1.807, 2.05) is 18.2 Å². The van der Waals surface area contributed by atoms with Crippen LogP contribution in [0.15, 0.2) is 46.5 Å². The molecule has 1 N–H and O–H groups in total. The minimum Gasteiger partial charge on any atom is -0.481 e. The molecule has 2 aromatic rings. The molecule has 0 atom stereocenters. The normalized spacial score (nSPS) is 11.0. The van der Waals surface area contributed by atoms with Crippen LogP contribution in [0.3, 0.4) is 0 Å². The van der Waals surface area contributed by atoms with Gasteiger partial charge in [0.05, 0.1) is 0 Å². The third kappa shape index (κ3) is 5.53. The van der Waals surface area contributed by atoms with Gasteiger partial charge in [-0.1, -0.05) is 26.0 Å². The maximum Gasteiger partial charge on any atom is 0.303 e. The fourth-order valence-electron chi connectivity index (χ4n) is 2.12. The highest BCUT2D eigenvalue weighted by atomic mass is 32.2. The van der Waals surface area contributed by atoms with Crippen LogP contribution in [0.1, 0.15) is 26.7 Å². The predicted octanol–water partition coefficient (Wildman–Crippen LogP) is 5.35. The standard InChI is InChI=1S/C18H20FNO2S2/c1-12(2)24-18-14(5-3-9-20-18)13-7-8-16(15(19)11-13)23-10-4-6-17(21)22/h3,5,7-9,11-12H,4,6,10H2,1-2H3,(H,21,22). The van der Waals surface area contributed by atoms with Gasteiger partial charge in [-0.25, -0.2) is 9.37 Å². The molecule has 0 unspecified atom stereocenters. The van der Waals surface area contributed by atoms with E-state index >= 15 is 0 Å². The van der Waals surface area contributed by atoms with Gasteiger partial charge in [-0.2, -0.15) is 0 Å². The third-order valence-electron chi connectivity index (χ3n) is 3.15. The van der Waals surface area contributed by atoms with Crippen LogP contribution in [0.25, 0.3) is 11.1 Å². The minimum absolute atomic E-state index is 0.109. The molecule has 0 radical (unpaired) electrons. The van der Waals surface area contributed by atoms with E-state index in [1.54, 1.807) is 24.0 Å². The van der Waals surface area contributed by atoms with Crippen LogP contribution in [0.5, 0.6) is 0 Å². The van der Waals surface area contributed by atoms with Crippen molar-refractivity contribution in [2.75, 3.05) is 5.75 Å². The van der Waals surface area contributed by atoms with Gasteiger partial charge in [0, 0.05) is 28.3 Å². The molecule has 0 amide bonds. The highest BCUT2D eigenvalue weighted by Gasteiger charge is 2.11. The second-order valence-electron chi connectivity index (χ2n) is 5.51. The summed E-state index contributed by atoms with van der Waals surface area (Å²) in [6.45, 7) is 4.20. The number of nitrogens with zero attached hydrogens (tertiary/aromatic N) is 1. The topological polar surface area (TPSA) is 50.2 Å². The lowest BCUT2D eigenvalue weighted by atomic mass is 10.1. The van der Waals surface area contributed by atoms with Crippen molar-refractivity contribution in [3.63, 3.8) is 0 Å². The first-order valence-electron chi connectivity index (χ1n) is 7.73. The Morgan fingerprint density at radius 3 is 2.79 bits per heavy atom. The molecule has 0 aliphatic rings. The van der Waals surface area contributed by atoms with Crippen LogP contribution >= 0.6 is 23.5 Å². The molecule has 0 spiro atoms. The Bertz CT molecular complexity index is 707. The van der Waals surface area contributed by atoms with Crippen LogP contribution in [-0.2, 0) is 4.79 Å². The minimum atomic E-state index is -0.821. The van der Waals surface area contributed by atoms with E-state index in [9.17, 15) is 9.18 Å². The number of thioether (sulfide) groups is 2. The summed E-state index contributed by atoms with van der Waals surface area (Å²) in [5, 5.41) is 9.92. The van der Waals surface area contributed by atoms with Crippen molar-refractivity contribution in [1.82, 2.24) is 4.98 Å². The number of halogens is 1. The van der Waals surface area contributed by atoms with E-state index in [2.05, 4.69) is 18.8 Å². The molecule has 0 aliphatic carbocycles. The highest BCUT2D eigenvalue weighted by Crippen LogP contribution is 2.34. The molecule has 2 rings (SSSR count). The summed E-state index contributed by atoms with van der Waals surface area (Å²) in [6.07, 6.45) is 2.38. The molecule has 1 aromatic heterocycles. The van der Waals surface area contributed by atoms with Gasteiger partial charge in [0.2, 0.25) is 0 Å². The summed E-state index contributed by atoms with van der Waals surface area (Å²) >= 11 is 3.00. The zero-order valence-corrected chi connectivity index (χ0v) is 15.3. The predicted molar refractivity (Wildman–Crippen MR) is 98.2 cm³/mol. The molecule has 0 bridgehead atoms. The largest absolute Gasteiger partial charge is 0.481 e. The SMILES string of the molecule is CC(C)Sc1ncccc1-c1ccc(SCCCC(=O)O)c(F)c1. The van der Waals surface area contributed by atoms with Crippen molar-refractivity contribution < 1.29 is 14.3 Å². The molecule has 1 heterocycles. The number of hydrogen-bond donors (Lipinski definition) is 1. The molecule has 6 heteroatoms. The van der Waals surface area contributed by atoms with Crippen LogP contribution < -0.4 is 0 Å². The van der Waals surface area contributed by atoms with Gasteiger partial charge in [-0.3, -0.25) is 4.79 Å². The molecule has 1 aromatic carbocycles. The zero-order chi connectivity index (χ0) is 17.5. The molecule has 128 valence electrons. The Morgan fingerprint density at radius 1 is 1.33 bits per heavy atom. The van der Waals surface area contributed by atoms with Gasteiger partial charge < -0.3 is 5.11 Å². The molecule has 0 saturated heterocycles. The Morgan fingerprint density at radius 2 is 2.12 bits per heavy atom. The first-order chi connectivity index (χ1) is 11.5. The molecule has 0 fully saturated rings. The van der Waals surface area contributed by atoms with Crippen molar-refractivity contribution in [3.05, 3.63) is 42.3 Å². The smallest absolute Gasteiger partial charge is 0.303 e. The van der Waals surface area contributed by atoms with Crippen molar-refractivity contribution >= 4 is 29.5 Å². The second-order valence-corrected chi connectivity index (χ2v) is 8.22. The fraction of sp³-hybridized carbons (Fsp3) is 0.333. The number of pyridine rings is 1. The number of rotatable bonds is 8. The Hall–Kier alpha value is -1.53. The molecule has 0 saturated carbocycles. The summed E-state index contributed by atoms with van der Waals surface area (Å²) in [4.78, 5) is 15.4. The number of aromatic nitrogens is 1. The number of aliphatic carboxylic acids is 1. The van der Waals surface area contributed by atoms with Gasteiger partial charge in [-0.15, -0.1) is 23.5 Å². The fourth-order valence-corrected chi connectivity index (χ4v) is 3.87. The molecule has 3 nitrogen and oxygen atoms in total. The molecule has 0 aliphatic heterocycles. The Kier molecular flexibility index (Phi) is 7.12. The molecule has 24 heavy (non-hydrogen) atoms. The number of benzene rings is 1. The quantitative estimate of drug-likeness (QED) is 0.505. The van der Waals surface area contributed by atoms with E-state index in [4.69, 9.17) is 5.11 Å². The van der Waals surface area contributed by atoms with E-state index in [0.29, 0.717) is 22.3 Å². The summed E-state index contributed by atoms with van der Waals surface area (Å²) in [7, 11) is 0. The maximum absolute atomic E-state index is 14.4. The van der Waals surface area contributed by atoms with Gasteiger partial charge in [0.15, 0.2) is 0 Å². The van der Waals surface area contributed by atoms with Crippen molar-refractivity contribution in [2.45, 2.75) is 41.9 Å². The van der Waals surface area contributed by atoms with Crippen LogP contribution in [-0.4, -0.2) is 27.1 Å². The van der Waals surface area contributed by atoms with Crippen LogP contribution in [0.4, 0.5) is 4.39 Å². The van der Waals surface area contributed by atoms with Gasteiger partial charge in [0.1, 0.15) is 10.8 Å². The third-order valence-corrected chi connectivity index (χ3v) is 5.31. The van der Waals surface area contributed by atoms with E-state index in [1.165, 1.54) is 17.8 Å².